The zero-order chi connectivity index (χ0) is 69.2. The number of benzene rings is 1. The van der Waals surface area contributed by atoms with E-state index in [1.54, 1.807) is 0 Å². The Morgan fingerprint density at radius 1 is 0.731 bits per heavy atom. The van der Waals surface area contributed by atoms with Crippen LogP contribution in [0, 0.1) is 0 Å². The number of halogens is 1. The number of pyridine rings is 1. The van der Waals surface area contributed by atoms with E-state index in [-0.39, 0.29) is 140 Å². The zero-order valence-corrected chi connectivity index (χ0v) is 52.4. The number of carboxylic acid groups (broad SMARTS) is 1. The van der Waals surface area contributed by atoms with Crippen LogP contribution in [0.5, 0.6) is 5.75 Å². The molecule has 0 saturated carbocycles. The molecular weight excluding hydrogens is 1300 g/mol. The van der Waals surface area contributed by atoms with Gasteiger partial charge in [-0.2, -0.15) is 0 Å². The lowest BCUT2D eigenvalue weighted by Gasteiger charge is -2.37. The molecular formula is C54H82BrN17O21. The number of carbonyl (C=O) groups excluding carboxylic acids is 11. The Bertz CT molecular complexity index is 3040. The molecule has 3 aliphatic heterocycles. The van der Waals surface area contributed by atoms with Crippen LogP contribution in [0.25, 0.3) is 11.3 Å². The first-order valence-electron chi connectivity index (χ1n) is 29.5. The number of aromatic nitrogens is 1. The summed E-state index contributed by atoms with van der Waals surface area (Å²) >= 11 is 3.22. The lowest BCUT2D eigenvalue weighted by atomic mass is 10.0. The molecule has 39 heteroatoms. The van der Waals surface area contributed by atoms with Crippen molar-refractivity contribution in [3.63, 3.8) is 0 Å². The molecule has 0 aromatic carbocycles. The van der Waals surface area contributed by atoms with Crippen molar-refractivity contribution in [2.45, 2.75) is 158 Å². The molecule has 0 aromatic heterocycles. The van der Waals surface area contributed by atoms with Crippen LogP contribution >= 0.6 is 15.9 Å². The number of aliphatic imine (C=N–C) groups is 1. The van der Waals surface area contributed by atoms with Crippen molar-refractivity contribution in [3.05, 3.63) is 26.8 Å². The number of hydroxylamine groups is 4. The molecule has 516 valence electrons. The van der Waals surface area contributed by atoms with E-state index in [2.05, 4.69) is 79.4 Å². The molecule has 11 atom stereocenters. The Hall–Kier alpha value is -8.86. The number of hydrogen-bond donors (Lipinski definition) is 21. The number of phenols is 1. The highest BCUT2D eigenvalue weighted by molar-refractivity contribution is 9.10. The molecule has 0 radical (unpaired) electrons. The molecule has 1 aliphatic carbocycles. The minimum Gasteiger partial charge on any atom is -0.503 e. The lowest BCUT2D eigenvalue weighted by Crippen LogP contribution is -2.62. The summed E-state index contributed by atoms with van der Waals surface area (Å²) in [6, 6.07) is -11.0. The Kier molecular flexibility index (Phi) is 31.0. The second-order valence-electron chi connectivity index (χ2n) is 21.8. The maximum absolute atomic E-state index is 14.4. The number of rotatable bonds is 32. The van der Waals surface area contributed by atoms with Gasteiger partial charge < -0.3 is 99.8 Å². The van der Waals surface area contributed by atoms with Crippen LogP contribution < -0.4 is 75.4 Å². The van der Waals surface area contributed by atoms with Crippen molar-refractivity contribution in [1.82, 2.24) is 62.5 Å². The zero-order valence-electron chi connectivity index (χ0n) is 50.8. The Balaban J connectivity index is 1.65. The number of hydrogen-bond acceptors (Lipinski definition) is 23. The van der Waals surface area contributed by atoms with Crippen LogP contribution in [0.3, 0.4) is 0 Å². The minimum absolute atomic E-state index is 0.0165. The number of guanidine groups is 1. The smallest absolute Gasteiger partial charge is 0.303 e. The van der Waals surface area contributed by atoms with E-state index in [4.69, 9.17) is 11.5 Å². The predicted molar refractivity (Wildman–Crippen MR) is 327 cm³/mol. The van der Waals surface area contributed by atoms with Crippen molar-refractivity contribution in [3.8, 4) is 17.0 Å². The van der Waals surface area contributed by atoms with Crippen LogP contribution in [0.4, 0.5) is 11.5 Å². The van der Waals surface area contributed by atoms with Gasteiger partial charge in [0.25, 0.3) is 0 Å². The van der Waals surface area contributed by atoms with Gasteiger partial charge >= 0.3 is 5.97 Å². The number of aliphatic hydroxyl groups excluding tert-OH is 4. The highest BCUT2D eigenvalue weighted by Crippen LogP contribution is 2.43. The van der Waals surface area contributed by atoms with E-state index in [0.717, 1.165) is 13.0 Å². The summed E-state index contributed by atoms with van der Waals surface area (Å²) in [5.74, 6) is -11.5. The number of aromatic hydroxyl groups is 1. The maximum Gasteiger partial charge on any atom is 0.303 e. The van der Waals surface area contributed by atoms with Crippen molar-refractivity contribution in [2.24, 2.45) is 16.5 Å². The first kappa shape index (κ1) is 76.6. The molecule has 4 rings (SSSR count). The molecule has 1 saturated heterocycles. The highest BCUT2D eigenvalue weighted by atomic mass is 79.9. The second-order valence-corrected chi connectivity index (χ2v) is 22.6. The van der Waals surface area contributed by atoms with Gasteiger partial charge in [0.1, 0.15) is 54.2 Å². The maximum atomic E-state index is 14.4. The number of carboxylic acids is 1. The van der Waals surface area contributed by atoms with Gasteiger partial charge in [0, 0.05) is 50.8 Å². The number of nitrogens with one attached hydrogen (secondary N) is 11. The summed E-state index contributed by atoms with van der Waals surface area (Å²) in [7, 11) is 0. The average molecular weight is 1390 g/mol. The highest BCUT2D eigenvalue weighted by Gasteiger charge is 2.38. The number of nitrogens with two attached hydrogens (primary N) is 2. The lowest BCUT2D eigenvalue weighted by molar-refractivity contribution is -0.150. The fraction of sp³-hybridized carbons (Fsp3) is 0.593. The standard InChI is InChI=1S/C54H82BrN17O21/c1-26(77)42-52(90)59-15-4-3-8-29(46(84)64-32(11-7-19-71(93)25-76)49(87)68-43(27(2)78)53(91)69-42)63-47(85)31(10-6-18-70(92)24-75)66-51(89)35(23-74)67-48(86)30(9-5-16-60-54(56)57)65-50(88)34(22-73)61-38-14-17-58-45-33(62-39(80)12-13-40(81)82)20-28-36(72(38)45)21-37(79)44(83)41(28)55/h20-21,24-27,29-32,34-35,38,42-43,58,61,73-74,77-78,83,92-93H,3-19,22-23H2,1-2H3,(H,59,90)(H,62,80)(H,63,85)(H,64,84)(H,65,88)(H,66,89)(H,67,86)(H,68,87)(H,69,91)(H,81,82)(H4,56,57,60)/t26-,27-,29+,30+,31+,32?,34-,35-,38+,42+,43+/m1/s1. The van der Waals surface area contributed by atoms with E-state index in [1.807, 2.05) is 0 Å². The molecule has 11 amide bonds. The van der Waals surface area contributed by atoms with E-state index < -0.39 is 176 Å². The molecule has 0 aromatic rings. The topological polar surface area (TPSA) is 592 Å². The van der Waals surface area contributed by atoms with Crippen LogP contribution in [-0.2, 0) is 57.5 Å². The number of nitrogens with zero attached hydrogens (tertiary/aromatic N) is 4. The van der Waals surface area contributed by atoms with Gasteiger partial charge in [-0.25, -0.2) is 10.1 Å². The van der Waals surface area contributed by atoms with Gasteiger partial charge in [-0.05, 0) is 100 Å². The molecule has 38 nitrogen and oxygen atoms in total. The minimum atomic E-state index is -1.93. The third-order valence-electron chi connectivity index (χ3n) is 14.7. The van der Waals surface area contributed by atoms with E-state index in [1.165, 1.54) is 17.6 Å². The van der Waals surface area contributed by atoms with Crippen molar-refractivity contribution in [2.75, 3.05) is 56.6 Å². The van der Waals surface area contributed by atoms with Crippen molar-refractivity contribution >= 4 is 105 Å². The molecule has 3 heterocycles. The fourth-order valence-corrected chi connectivity index (χ4v) is 10.3. The monoisotopic (exact) mass is 1380 g/mol. The van der Waals surface area contributed by atoms with E-state index in [0.29, 0.717) is 0 Å². The van der Waals surface area contributed by atoms with Crippen LogP contribution in [0.2, 0.25) is 0 Å². The molecule has 0 spiro atoms. The van der Waals surface area contributed by atoms with Crippen molar-refractivity contribution in [1.29, 1.82) is 0 Å². The SMILES string of the molecule is C[C@@H](O)[C@@H]1NC(=O)C(CCCN(O)C=O)NC(=O)[C@@H](NC(=O)[C@H](CCCN(O)C=O)NC(=O)[C@@H](CO)NC(=O)[C@H](CCCN=C(N)N)NC(=O)[C@@H](CO)N[C@@H]2CCNc3c(NC(=O)CCC(=O)O)cc4c(Br)c(O)c(=O)cc-4n32)CCCCNC(=O)[C@H]([C@@H](C)O)NC1=O. The molecule has 23 N–H and O–H groups in total. The van der Waals surface area contributed by atoms with Crippen molar-refractivity contribution < 1.29 is 98.6 Å². The molecule has 0 bridgehead atoms. The quantitative estimate of drug-likeness (QED) is 0.00808. The summed E-state index contributed by atoms with van der Waals surface area (Å²) in [5.41, 5.74) is 10.6. The van der Waals surface area contributed by atoms with E-state index >= 15 is 0 Å². The number of phenolic OH excluding ortho intramolecular Hbond substituents is 1. The number of amides is 11. The summed E-state index contributed by atoms with van der Waals surface area (Å²) in [5, 5.41) is 110. The fourth-order valence-electron chi connectivity index (χ4n) is 9.77. The Morgan fingerprint density at radius 3 is 1.92 bits per heavy atom. The number of fused-ring (bicyclic) bond motifs is 3. The number of aliphatic carboxylic acids is 1. The third-order valence-corrected chi connectivity index (χ3v) is 15.5. The summed E-state index contributed by atoms with van der Waals surface area (Å²) < 4.78 is 1.38. The van der Waals surface area contributed by atoms with Crippen LogP contribution in [-0.4, -0.2) is 240 Å². The number of anilines is 2. The Morgan fingerprint density at radius 2 is 1.31 bits per heavy atom. The van der Waals surface area contributed by atoms with E-state index in [9.17, 15) is 103 Å². The van der Waals surface area contributed by atoms with Gasteiger partial charge in [-0.3, -0.25) is 83.1 Å². The normalized spacial score (nSPS) is 19.9. The molecule has 1 fully saturated rings. The van der Waals surface area contributed by atoms with Gasteiger partial charge in [0.05, 0.1) is 53.9 Å². The van der Waals surface area contributed by atoms with Crippen LogP contribution in [0.1, 0.15) is 97.1 Å². The first-order valence-corrected chi connectivity index (χ1v) is 30.3. The number of carbonyl (C=O) groups is 12. The van der Waals surface area contributed by atoms with Gasteiger partial charge in [0.15, 0.2) is 11.7 Å². The predicted octanol–water partition coefficient (Wildman–Crippen LogP) is -6.75. The molecule has 1 unspecified atom stereocenters. The summed E-state index contributed by atoms with van der Waals surface area (Å²) in [6.45, 7) is -0.640. The first-order chi connectivity index (χ1) is 44.0. The summed E-state index contributed by atoms with van der Waals surface area (Å²) in [4.78, 5) is 176. The third kappa shape index (κ3) is 23.3. The van der Waals surface area contributed by atoms with Gasteiger partial charge in [-0.1, -0.05) is 0 Å². The number of aliphatic hydroxyl groups is 4. The average Bonchev–Trinajstić information content (AvgIpc) is 0.747. The van der Waals surface area contributed by atoms with Crippen LogP contribution in [0.15, 0.2) is 26.4 Å². The second kappa shape index (κ2) is 37.6. The largest absolute Gasteiger partial charge is 0.503 e. The van der Waals surface area contributed by atoms with Gasteiger partial charge in [-0.15, -0.1) is 0 Å². The van der Waals surface area contributed by atoms with Gasteiger partial charge in [0.2, 0.25) is 71.4 Å². The summed E-state index contributed by atoms with van der Waals surface area (Å²) in [6.07, 6.45) is -6.43. The Labute approximate surface area is 539 Å². The molecule has 93 heavy (non-hydrogen) atoms. The molecule has 4 aliphatic rings.